The molecule has 0 bridgehead atoms. The fraction of sp³-hybridized carbons (Fsp3) is 0. The maximum Gasteiger partial charge on any atom is 0.268 e. The lowest BCUT2D eigenvalue weighted by Gasteiger charge is -2.08. The van der Waals surface area contributed by atoms with Gasteiger partial charge in [0.1, 0.15) is 5.15 Å². The van der Waals surface area contributed by atoms with E-state index in [1.54, 1.807) is 36.5 Å². The minimum Gasteiger partial charge on any atom is -0.444 e. The van der Waals surface area contributed by atoms with E-state index >= 15 is 0 Å². The van der Waals surface area contributed by atoms with Crippen molar-refractivity contribution in [2.45, 2.75) is 4.90 Å². The van der Waals surface area contributed by atoms with Gasteiger partial charge in [-0.05, 0) is 42.5 Å². The van der Waals surface area contributed by atoms with E-state index in [-0.39, 0.29) is 4.90 Å². The van der Waals surface area contributed by atoms with Crippen molar-refractivity contribution < 1.29 is 12.8 Å². The normalized spacial score (nSPS) is 11.9. The maximum atomic E-state index is 12.9. The zero-order chi connectivity index (χ0) is 16.7. The van der Waals surface area contributed by atoms with Crippen LogP contribution in [0.2, 0.25) is 5.15 Å². The van der Waals surface area contributed by atoms with Gasteiger partial charge in [0.05, 0.1) is 22.1 Å². The number of halogens is 1. The van der Waals surface area contributed by atoms with E-state index in [4.69, 9.17) is 16.0 Å². The molecule has 8 heteroatoms. The van der Waals surface area contributed by atoms with Crippen LogP contribution in [0.15, 0.2) is 70.6 Å². The summed E-state index contributed by atoms with van der Waals surface area (Å²) in [7, 11) is -3.73. The van der Waals surface area contributed by atoms with Gasteiger partial charge < -0.3 is 4.42 Å². The Balaban J connectivity index is 1.79. The second kappa shape index (κ2) is 5.47. The van der Waals surface area contributed by atoms with E-state index in [0.717, 1.165) is 5.56 Å². The standard InChI is InChI=1S/C16H10ClN3O3S/c17-16-6-5-14-13(19-16)7-8-20(14)24(21,22)12-3-1-11(2-4-12)15-9-18-10-23-15/h1-10H. The molecule has 120 valence electrons. The molecule has 0 amide bonds. The summed E-state index contributed by atoms with van der Waals surface area (Å²) >= 11 is 5.84. The lowest BCUT2D eigenvalue weighted by molar-refractivity contribution is 0.571. The molecular formula is C16H10ClN3O3S. The molecule has 0 fully saturated rings. The SMILES string of the molecule is O=S(=O)(c1ccc(-c2cnco2)cc1)n1ccc2nc(Cl)ccc21. The monoisotopic (exact) mass is 359 g/mol. The molecule has 3 aromatic heterocycles. The Labute approximate surface area is 142 Å². The van der Waals surface area contributed by atoms with Crippen molar-refractivity contribution in [3.63, 3.8) is 0 Å². The zero-order valence-electron chi connectivity index (χ0n) is 12.1. The van der Waals surface area contributed by atoms with Gasteiger partial charge >= 0.3 is 0 Å². The molecule has 1 aromatic carbocycles. The van der Waals surface area contributed by atoms with Gasteiger partial charge in [-0.15, -0.1) is 0 Å². The topological polar surface area (TPSA) is 78.0 Å². The molecule has 0 N–H and O–H groups in total. The number of hydrogen-bond donors (Lipinski definition) is 0. The molecule has 6 nitrogen and oxygen atoms in total. The third-order valence-corrected chi connectivity index (χ3v) is 5.52. The predicted octanol–water partition coefficient (Wildman–Crippen LogP) is 3.58. The summed E-state index contributed by atoms with van der Waals surface area (Å²) in [4.78, 5) is 8.12. The number of oxazole rings is 1. The summed E-state index contributed by atoms with van der Waals surface area (Å²) in [6.07, 6.45) is 4.36. The smallest absolute Gasteiger partial charge is 0.268 e. The van der Waals surface area contributed by atoms with Gasteiger partial charge in [-0.3, -0.25) is 0 Å². The summed E-state index contributed by atoms with van der Waals surface area (Å²) in [5.74, 6) is 0.573. The first-order valence-corrected chi connectivity index (χ1v) is 8.76. The highest BCUT2D eigenvalue weighted by Gasteiger charge is 2.19. The van der Waals surface area contributed by atoms with Crippen LogP contribution in [0.1, 0.15) is 0 Å². The van der Waals surface area contributed by atoms with Crippen molar-refractivity contribution in [2.75, 3.05) is 0 Å². The summed E-state index contributed by atoms with van der Waals surface area (Å²) in [6, 6.07) is 11.2. The maximum absolute atomic E-state index is 12.9. The van der Waals surface area contributed by atoms with Gasteiger partial charge in [0.25, 0.3) is 10.0 Å². The van der Waals surface area contributed by atoms with Gasteiger partial charge in [0.15, 0.2) is 12.2 Å². The number of aromatic nitrogens is 3. The van der Waals surface area contributed by atoms with Crippen LogP contribution < -0.4 is 0 Å². The third-order valence-electron chi connectivity index (χ3n) is 3.60. The highest BCUT2D eigenvalue weighted by Crippen LogP contribution is 2.25. The minimum atomic E-state index is -3.73. The quantitative estimate of drug-likeness (QED) is 0.522. The van der Waals surface area contributed by atoms with Crippen LogP contribution in [0.4, 0.5) is 0 Å². The van der Waals surface area contributed by atoms with Gasteiger partial charge in [-0.1, -0.05) is 11.6 Å². The van der Waals surface area contributed by atoms with E-state index < -0.39 is 10.0 Å². The predicted molar refractivity (Wildman–Crippen MR) is 89.3 cm³/mol. The molecule has 0 aliphatic rings. The molecule has 24 heavy (non-hydrogen) atoms. The van der Waals surface area contributed by atoms with Crippen LogP contribution in [-0.4, -0.2) is 22.4 Å². The molecular weight excluding hydrogens is 350 g/mol. The first kappa shape index (κ1) is 14.9. The molecule has 3 heterocycles. The van der Waals surface area contributed by atoms with Crippen LogP contribution in [0.3, 0.4) is 0 Å². The van der Waals surface area contributed by atoms with Crippen molar-refractivity contribution in [1.29, 1.82) is 0 Å². The number of rotatable bonds is 3. The van der Waals surface area contributed by atoms with Crippen molar-refractivity contribution in [1.82, 2.24) is 13.9 Å². The average Bonchev–Trinajstić information content (AvgIpc) is 3.24. The van der Waals surface area contributed by atoms with Crippen LogP contribution in [0, 0.1) is 0 Å². The lowest BCUT2D eigenvalue weighted by atomic mass is 10.2. The zero-order valence-corrected chi connectivity index (χ0v) is 13.7. The number of nitrogens with zero attached hydrogens (tertiary/aromatic N) is 3. The molecule has 0 spiro atoms. The first-order valence-electron chi connectivity index (χ1n) is 6.94. The molecule has 0 atom stereocenters. The molecule has 0 saturated heterocycles. The van der Waals surface area contributed by atoms with Crippen molar-refractivity contribution in [3.8, 4) is 11.3 Å². The lowest BCUT2D eigenvalue weighted by Crippen LogP contribution is -2.11. The Bertz CT molecular complexity index is 1120. The summed E-state index contributed by atoms with van der Waals surface area (Å²) in [5, 5.41) is 0.314. The fourth-order valence-corrected chi connectivity index (χ4v) is 3.94. The summed E-state index contributed by atoms with van der Waals surface area (Å²) in [5.41, 5.74) is 1.74. The molecule has 0 aliphatic heterocycles. The van der Waals surface area contributed by atoms with Gasteiger partial charge in [0.2, 0.25) is 0 Å². The van der Waals surface area contributed by atoms with E-state index in [1.165, 1.54) is 28.7 Å². The number of benzene rings is 1. The molecule has 4 rings (SSSR count). The third kappa shape index (κ3) is 2.38. The van der Waals surface area contributed by atoms with Crippen molar-refractivity contribution >= 4 is 32.7 Å². The second-order valence-electron chi connectivity index (χ2n) is 5.05. The molecule has 4 aromatic rings. The van der Waals surface area contributed by atoms with Gasteiger partial charge in [-0.25, -0.2) is 22.4 Å². The van der Waals surface area contributed by atoms with Crippen LogP contribution in [0.25, 0.3) is 22.4 Å². The molecule has 0 unspecified atom stereocenters. The van der Waals surface area contributed by atoms with Crippen LogP contribution >= 0.6 is 11.6 Å². The van der Waals surface area contributed by atoms with E-state index in [9.17, 15) is 8.42 Å². The van der Waals surface area contributed by atoms with Crippen molar-refractivity contribution in [2.24, 2.45) is 0 Å². The summed E-state index contributed by atoms with van der Waals surface area (Å²) in [6.45, 7) is 0. The Morgan fingerprint density at radius 2 is 1.83 bits per heavy atom. The minimum absolute atomic E-state index is 0.165. The average molecular weight is 360 g/mol. The highest BCUT2D eigenvalue weighted by atomic mass is 35.5. The van der Waals surface area contributed by atoms with Crippen molar-refractivity contribution in [3.05, 3.63) is 66.4 Å². The van der Waals surface area contributed by atoms with Crippen LogP contribution in [-0.2, 0) is 10.0 Å². The van der Waals surface area contributed by atoms with E-state index in [2.05, 4.69) is 9.97 Å². The molecule has 0 radical (unpaired) electrons. The molecule has 0 saturated carbocycles. The highest BCUT2D eigenvalue weighted by molar-refractivity contribution is 7.90. The number of hydrogen-bond acceptors (Lipinski definition) is 5. The van der Waals surface area contributed by atoms with E-state index in [1.807, 2.05) is 0 Å². The fourth-order valence-electron chi connectivity index (χ4n) is 2.44. The second-order valence-corrected chi connectivity index (χ2v) is 7.25. The first-order chi connectivity index (χ1) is 11.6. The Morgan fingerprint density at radius 3 is 2.54 bits per heavy atom. The summed E-state index contributed by atoms with van der Waals surface area (Å²) < 4.78 is 32.1. The number of fused-ring (bicyclic) bond motifs is 1. The molecule has 0 aliphatic carbocycles. The Hall–Kier alpha value is -2.64. The Morgan fingerprint density at radius 1 is 1.04 bits per heavy atom. The number of pyridine rings is 1. The van der Waals surface area contributed by atoms with Gasteiger partial charge in [-0.2, -0.15) is 0 Å². The largest absolute Gasteiger partial charge is 0.444 e. The van der Waals surface area contributed by atoms with E-state index in [0.29, 0.717) is 21.9 Å². The van der Waals surface area contributed by atoms with Crippen LogP contribution in [0.5, 0.6) is 0 Å². The Kier molecular flexibility index (Phi) is 3.40. The van der Waals surface area contributed by atoms with Gasteiger partial charge in [0, 0.05) is 11.8 Å².